The monoisotopic (exact) mass is 299 g/mol. The van der Waals surface area contributed by atoms with Crippen LogP contribution < -0.4 is 5.73 Å². The second kappa shape index (κ2) is 5.18. The van der Waals surface area contributed by atoms with Crippen molar-refractivity contribution in [1.82, 2.24) is 4.90 Å². The van der Waals surface area contributed by atoms with Gasteiger partial charge < -0.3 is 15.2 Å². The van der Waals surface area contributed by atoms with Gasteiger partial charge in [-0.05, 0) is 12.8 Å². The number of fused-ring (bicyclic) bond motifs is 1. The first-order valence-corrected chi connectivity index (χ1v) is 7.39. The van der Waals surface area contributed by atoms with E-state index in [1.165, 1.54) is 0 Å². The van der Waals surface area contributed by atoms with Crippen LogP contribution in [0, 0.1) is 45.3 Å². The summed E-state index contributed by atoms with van der Waals surface area (Å²) in [5, 5.41) is 28.8. The maximum absolute atomic E-state index is 9.71. The van der Waals surface area contributed by atoms with E-state index in [1.54, 1.807) is 0 Å². The van der Waals surface area contributed by atoms with E-state index in [0.29, 0.717) is 39.1 Å². The van der Waals surface area contributed by atoms with Gasteiger partial charge in [0.25, 0.3) is 0 Å². The molecule has 0 bridgehead atoms. The molecule has 2 aliphatic heterocycles. The quantitative estimate of drug-likeness (QED) is 0.751. The molecule has 2 heterocycles. The van der Waals surface area contributed by atoms with E-state index in [-0.39, 0.29) is 17.4 Å². The number of allylic oxidation sites excluding steroid dienone is 1. The molecular weight excluding hydrogens is 282 g/mol. The zero-order chi connectivity index (χ0) is 15.8. The standard InChI is InChI=1S/C15H17N5O2/c16-8-11-13(19)22-15(20-4-6-21-7-5-20)3-1-2-12(15)14(11,9-17)10-18/h12H,1-7,19H2. The Balaban J connectivity index is 2.14. The summed E-state index contributed by atoms with van der Waals surface area (Å²) in [5.41, 5.74) is 3.58. The summed E-state index contributed by atoms with van der Waals surface area (Å²) in [6, 6.07) is 6.07. The fraction of sp³-hybridized carbons (Fsp3) is 0.667. The minimum atomic E-state index is -1.54. The predicted octanol–water partition coefficient (Wildman–Crippen LogP) is 0.573. The maximum Gasteiger partial charge on any atom is 0.203 e. The predicted molar refractivity (Wildman–Crippen MR) is 74.0 cm³/mol. The maximum atomic E-state index is 9.71. The van der Waals surface area contributed by atoms with Gasteiger partial charge in [-0.15, -0.1) is 0 Å². The first-order chi connectivity index (χ1) is 10.6. The highest BCUT2D eigenvalue weighted by atomic mass is 16.5. The van der Waals surface area contributed by atoms with Crippen LogP contribution in [0.1, 0.15) is 19.3 Å². The molecule has 3 rings (SSSR count). The summed E-state index contributed by atoms with van der Waals surface area (Å²) < 4.78 is 11.4. The van der Waals surface area contributed by atoms with Crippen LogP contribution in [-0.4, -0.2) is 36.9 Å². The number of ether oxygens (including phenoxy) is 2. The van der Waals surface area contributed by atoms with E-state index in [4.69, 9.17) is 15.2 Å². The zero-order valence-electron chi connectivity index (χ0n) is 12.2. The number of nitrogens with zero attached hydrogens (tertiary/aromatic N) is 4. The number of hydrogen-bond acceptors (Lipinski definition) is 7. The summed E-state index contributed by atoms with van der Waals surface area (Å²) in [6.45, 7) is 2.49. The summed E-state index contributed by atoms with van der Waals surface area (Å²) >= 11 is 0. The average Bonchev–Trinajstić information content (AvgIpc) is 2.99. The van der Waals surface area contributed by atoms with Crippen molar-refractivity contribution in [2.45, 2.75) is 25.0 Å². The number of hydrogen-bond donors (Lipinski definition) is 1. The Bertz CT molecular complexity index is 618. The van der Waals surface area contributed by atoms with E-state index in [0.717, 1.165) is 6.42 Å². The topological polar surface area (TPSA) is 119 Å². The zero-order valence-corrected chi connectivity index (χ0v) is 12.2. The smallest absolute Gasteiger partial charge is 0.203 e. The molecule has 2 N–H and O–H groups in total. The number of nitrogens with two attached hydrogens (primary N) is 1. The largest absolute Gasteiger partial charge is 0.456 e. The first-order valence-electron chi connectivity index (χ1n) is 7.39. The molecule has 1 saturated carbocycles. The SMILES string of the molecule is N#CC1=C(N)OC2(N3CCOCC3)CCCC2C1(C#N)C#N. The number of morpholine rings is 1. The second-order valence-electron chi connectivity index (χ2n) is 5.87. The average molecular weight is 299 g/mol. The van der Waals surface area contributed by atoms with Gasteiger partial charge in [-0.3, -0.25) is 4.90 Å². The molecule has 2 unspecified atom stereocenters. The molecule has 3 aliphatic rings. The third kappa shape index (κ3) is 1.72. The Morgan fingerprint density at radius 2 is 1.86 bits per heavy atom. The molecule has 7 heteroatoms. The third-order valence-corrected chi connectivity index (χ3v) is 5.03. The van der Waals surface area contributed by atoms with Crippen LogP contribution in [0.3, 0.4) is 0 Å². The van der Waals surface area contributed by atoms with E-state index < -0.39 is 11.1 Å². The van der Waals surface area contributed by atoms with Crippen molar-refractivity contribution in [3.8, 4) is 18.2 Å². The van der Waals surface area contributed by atoms with Gasteiger partial charge in [0.05, 0.1) is 31.3 Å². The Kier molecular flexibility index (Phi) is 3.45. The van der Waals surface area contributed by atoms with Gasteiger partial charge in [-0.25, -0.2) is 0 Å². The summed E-state index contributed by atoms with van der Waals surface area (Å²) in [6.07, 6.45) is 2.19. The van der Waals surface area contributed by atoms with Crippen LogP contribution >= 0.6 is 0 Å². The van der Waals surface area contributed by atoms with E-state index >= 15 is 0 Å². The molecule has 22 heavy (non-hydrogen) atoms. The molecule has 2 atom stereocenters. The van der Waals surface area contributed by atoms with Crippen molar-refractivity contribution in [3.63, 3.8) is 0 Å². The minimum Gasteiger partial charge on any atom is -0.456 e. The van der Waals surface area contributed by atoms with Gasteiger partial charge in [0, 0.05) is 19.5 Å². The van der Waals surface area contributed by atoms with E-state index in [1.807, 2.05) is 6.07 Å². The number of rotatable bonds is 1. The molecule has 0 radical (unpaired) electrons. The Hall–Kier alpha value is -2.27. The first kappa shape index (κ1) is 14.7. The Morgan fingerprint density at radius 3 is 2.45 bits per heavy atom. The molecule has 7 nitrogen and oxygen atoms in total. The molecule has 1 saturated heterocycles. The molecule has 114 valence electrons. The summed E-state index contributed by atoms with van der Waals surface area (Å²) in [4.78, 5) is 2.12. The Morgan fingerprint density at radius 1 is 1.18 bits per heavy atom. The molecule has 0 aromatic heterocycles. The van der Waals surface area contributed by atoms with Crippen molar-refractivity contribution < 1.29 is 9.47 Å². The highest BCUT2D eigenvalue weighted by molar-refractivity contribution is 5.47. The van der Waals surface area contributed by atoms with Crippen LogP contribution in [0.15, 0.2) is 11.5 Å². The molecule has 1 aliphatic carbocycles. The van der Waals surface area contributed by atoms with Gasteiger partial charge in [0.2, 0.25) is 5.88 Å². The van der Waals surface area contributed by atoms with Gasteiger partial charge in [-0.1, -0.05) is 0 Å². The molecular formula is C15H17N5O2. The normalized spacial score (nSPS) is 34.0. The molecule has 2 fully saturated rings. The van der Waals surface area contributed by atoms with Crippen LogP contribution in [0.5, 0.6) is 0 Å². The lowest BCUT2D eigenvalue weighted by atomic mass is 9.66. The minimum absolute atomic E-state index is 0.0479. The van der Waals surface area contributed by atoms with Crippen LogP contribution in [-0.2, 0) is 9.47 Å². The Labute approximate surface area is 129 Å². The van der Waals surface area contributed by atoms with Gasteiger partial charge >= 0.3 is 0 Å². The highest BCUT2D eigenvalue weighted by Gasteiger charge is 2.64. The third-order valence-electron chi connectivity index (χ3n) is 5.03. The van der Waals surface area contributed by atoms with Crippen LogP contribution in [0.25, 0.3) is 0 Å². The second-order valence-corrected chi connectivity index (χ2v) is 5.87. The van der Waals surface area contributed by atoms with Crippen LogP contribution in [0.4, 0.5) is 0 Å². The lowest BCUT2D eigenvalue weighted by Crippen LogP contribution is -2.62. The van der Waals surface area contributed by atoms with Crippen molar-refractivity contribution in [3.05, 3.63) is 11.5 Å². The number of nitriles is 3. The molecule has 0 amide bonds. The molecule has 0 aromatic carbocycles. The fourth-order valence-electron chi connectivity index (χ4n) is 4.07. The van der Waals surface area contributed by atoms with Crippen LogP contribution in [0.2, 0.25) is 0 Å². The van der Waals surface area contributed by atoms with E-state index in [2.05, 4.69) is 17.0 Å². The van der Waals surface area contributed by atoms with Crippen molar-refractivity contribution in [2.75, 3.05) is 26.3 Å². The molecule has 0 spiro atoms. The lowest BCUT2D eigenvalue weighted by molar-refractivity contribution is -0.195. The summed E-state index contributed by atoms with van der Waals surface area (Å²) in [5.74, 6) is -0.467. The van der Waals surface area contributed by atoms with Gasteiger partial charge in [0.15, 0.2) is 11.1 Å². The van der Waals surface area contributed by atoms with Gasteiger partial charge in [0.1, 0.15) is 11.6 Å². The highest BCUT2D eigenvalue weighted by Crippen LogP contribution is 2.56. The van der Waals surface area contributed by atoms with Crippen molar-refractivity contribution in [2.24, 2.45) is 17.1 Å². The lowest BCUT2D eigenvalue weighted by Gasteiger charge is -2.51. The van der Waals surface area contributed by atoms with Crippen molar-refractivity contribution in [1.29, 1.82) is 15.8 Å². The molecule has 0 aromatic rings. The van der Waals surface area contributed by atoms with Crippen molar-refractivity contribution >= 4 is 0 Å². The summed E-state index contributed by atoms with van der Waals surface area (Å²) in [7, 11) is 0. The van der Waals surface area contributed by atoms with E-state index in [9.17, 15) is 15.8 Å². The van der Waals surface area contributed by atoms with Gasteiger partial charge in [-0.2, -0.15) is 15.8 Å². The fourth-order valence-corrected chi connectivity index (χ4v) is 4.07.